The molecule has 3 N–H and O–H groups in total. The van der Waals surface area contributed by atoms with E-state index in [1.54, 1.807) is 0 Å². The van der Waals surface area contributed by atoms with E-state index in [9.17, 15) is 4.79 Å². The van der Waals surface area contributed by atoms with Gasteiger partial charge in [0, 0.05) is 12.4 Å². The first kappa shape index (κ1) is 8.88. The van der Waals surface area contributed by atoms with Gasteiger partial charge in [-0.25, -0.2) is 4.98 Å². The van der Waals surface area contributed by atoms with Gasteiger partial charge < -0.3 is 10.7 Å². The summed E-state index contributed by atoms with van der Waals surface area (Å²) in [6.07, 6.45) is 2.88. The maximum absolute atomic E-state index is 11.3. The van der Waals surface area contributed by atoms with Crippen molar-refractivity contribution < 1.29 is 0 Å². The Morgan fingerprint density at radius 2 is 2.36 bits per heavy atom. The Kier molecular flexibility index (Phi) is 2.04. The largest absolute Gasteiger partial charge is 0.366 e. The molecule has 0 saturated carbocycles. The number of nitrogens with zero attached hydrogens (tertiary/aromatic N) is 4. The van der Waals surface area contributed by atoms with Crippen LogP contribution in [-0.2, 0) is 0 Å². The molecule has 0 radical (unpaired) electrons. The summed E-state index contributed by atoms with van der Waals surface area (Å²) in [6, 6.07) is 0. The number of halogens is 1. The molecule has 0 fully saturated rings. The molecule has 0 aliphatic carbocycles. The minimum Gasteiger partial charge on any atom is -0.366 e. The van der Waals surface area contributed by atoms with Gasteiger partial charge in [0.15, 0.2) is 0 Å². The first-order valence-corrected chi connectivity index (χ1v) is 4.40. The van der Waals surface area contributed by atoms with E-state index in [0.29, 0.717) is 4.73 Å². The minimum absolute atomic E-state index is 0.0712. The fourth-order valence-corrected chi connectivity index (χ4v) is 1.37. The van der Waals surface area contributed by atoms with Crippen molar-refractivity contribution in [2.24, 2.45) is 0 Å². The lowest BCUT2D eigenvalue weighted by atomic mass is 10.6. The highest BCUT2D eigenvalue weighted by Gasteiger charge is 2.10. The number of aromatic amines is 1. The highest BCUT2D eigenvalue weighted by Crippen LogP contribution is 2.10. The Labute approximate surface area is 86.1 Å². The lowest BCUT2D eigenvalue weighted by Gasteiger charge is -1.97. The number of anilines is 1. The van der Waals surface area contributed by atoms with Gasteiger partial charge in [-0.2, -0.15) is 9.67 Å². The lowest BCUT2D eigenvalue weighted by Crippen LogP contribution is -2.17. The van der Waals surface area contributed by atoms with Crippen molar-refractivity contribution in [3.05, 3.63) is 27.5 Å². The van der Waals surface area contributed by atoms with Gasteiger partial charge in [-0.15, -0.1) is 5.10 Å². The van der Waals surface area contributed by atoms with Crippen LogP contribution in [0.15, 0.2) is 21.9 Å². The smallest absolute Gasteiger partial charge is 0.293 e. The van der Waals surface area contributed by atoms with Crippen LogP contribution in [0.1, 0.15) is 0 Å². The summed E-state index contributed by atoms with van der Waals surface area (Å²) in [5, 5.41) is 3.80. The predicted molar refractivity (Wildman–Crippen MR) is 51.9 cm³/mol. The second-order valence-electron chi connectivity index (χ2n) is 2.39. The van der Waals surface area contributed by atoms with Crippen LogP contribution in [0.3, 0.4) is 0 Å². The van der Waals surface area contributed by atoms with Gasteiger partial charge in [0.2, 0.25) is 16.5 Å². The third-order valence-corrected chi connectivity index (χ3v) is 1.99. The zero-order chi connectivity index (χ0) is 10.1. The number of nitrogen functional groups attached to an aromatic ring is 1. The predicted octanol–water partition coefficient (Wildman–Crippen LogP) is -0.305. The van der Waals surface area contributed by atoms with Gasteiger partial charge in [0.1, 0.15) is 0 Å². The average molecular weight is 257 g/mol. The van der Waals surface area contributed by atoms with Crippen LogP contribution in [-0.4, -0.2) is 24.7 Å². The molecule has 0 saturated heterocycles. The molecule has 72 valence electrons. The molecular formula is C6H5BrN6O. The standard InChI is InChI=1S/C6H5BrN6O/c7-5-11-6(8)12-13(5)3-4(14)10-2-1-9-3/h1-2H,(H2,8,12)(H,10,14). The first-order valence-electron chi connectivity index (χ1n) is 3.60. The van der Waals surface area contributed by atoms with Crippen LogP contribution in [0.2, 0.25) is 0 Å². The van der Waals surface area contributed by atoms with Crippen molar-refractivity contribution in [2.45, 2.75) is 0 Å². The van der Waals surface area contributed by atoms with E-state index in [1.807, 2.05) is 0 Å². The Balaban J connectivity index is 2.66. The van der Waals surface area contributed by atoms with Crippen LogP contribution in [0, 0.1) is 0 Å². The molecule has 8 heteroatoms. The zero-order valence-electron chi connectivity index (χ0n) is 6.81. The van der Waals surface area contributed by atoms with Crippen LogP contribution < -0.4 is 11.3 Å². The third-order valence-electron chi connectivity index (χ3n) is 1.47. The zero-order valence-corrected chi connectivity index (χ0v) is 8.39. The third kappa shape index (κ3) is 1.39. The number of hydrogen-bond donors (Lipinski definition) is 2. The molecule has 0 amide bonds. The Bertz CT molecular complexity index is 517. The van der Waals surface area contributed by atoms with Crippen molar-refractivity contribution in [3.8, 4) is 5.82 Å². The summed E-state index contributed by atoms with van der Waals surface area (Å²) >= 11 is 3.10. The van der Waals surface area contributed by atoms with Crippen molar-refractivity contribution >= 4 is 21.9 Å². The SMILES string of the molecule is Nc1nc(Br)n(-c2ncc[nH]c2=O)n1. The highest BCUT2D eigenvalue weighted by atomic mass is 79.9. The molecule has 14 heavy (non-hydrogen) atoms. The summed E-state index contributed by atoms with van der Waals surface area (Å²) in [7, 11) is 0. The van der Waals surface area contributed by atoms with E-state index < -0.39 is 0 Å². The van der Waals surface area contributed by atoms with Crippen molar-refractivity contribution in [3.63, 3.8) is 0 Å². The quantitative estimate of drug-likeness (QED) is 0.729. The van der Waals surface area contributed by atoms with Crippen molar-refractivity contribution in [2.75, 3.05) is 5.73 Å². The van der Waals surface area contributed by atoms with Crippen molar-refractivity contribution in [1.29, 1.82) is 0 Å². The molecule has 2 heterocycles. The number of nitrogens with one attached hydrogen (secondary N) is 1. The van der Waals surface area contributed by atoms with E-state index in [2.05, 4.69) is 36.0 Å². The van der Waals surface area contributed by atoms with Crippen LogP contribution >= 0.6 is 15.9 Å². The molecule has 2 rings (SSSR count). The molecule has 7 nitrogen and oxygen atoms in total. The van der Waals surface area contributed by atoms with Gasteiger partial charge in [0.25, 0.3) is 5.56 Å². The second kappa shape index (κ2) is 3.22. The van der Waals surface area contributed by atoms with Gasteiger partial charge in [-0.3, -0.25) is 4.79 Å². The lowest BCUT2D eigenvalue weighted by molar-refractivity contribution is 0.807. The van der Waals surface area contributed by atoms with E-state index >= 15 is 0 Å². The normalized spacial score (nSPS) is 10.4. The molecule has 0 aromatic carbocycles. The summed E-state index contributed by atoms with van der Waals surface area (Å²) in [6.45, 7) is 0. The Morgan fingerprint density at radius 3 is 2.93 bits per heavy atom. The van der Waals surface area contributed by atoms with E-state index in [0.717, 1.165) is 0 Å². The number of nitrogens with two attached hydrogens (primary N) is 1. The molecule has 0 aliphatic heterocycles. The van der Waals surface area contributed by atoms with Crippen LogP contribution in [0.5, 0.6) is 0 Å². The summed E-state index contributed by atoms with van der Waals surface area (Å²) in [5.41, 5.74) is 4.99. The Morgan fingerprint density at radius 1 is 1.57 bits per heavy atom. The molecule has 0 bridgehead atoms. The maximum atomic E-state index is 11.3. The minimum atomic E-state index is -0.363. The monoisotopic (exact) mass is 256 g/mol. The fourth-order valence-electron chi connectivity index (χ4n) is 0.938. The van der Waals surface area contributed by atoms with Crippen LogP contribution in [0.25, 0.3) is 5.82 Å². The number of aromatic nitrogens is 5. The second-order valence-corrected chi connectivity index (χ2v) is 3.10. The molecule has 2 aromatic heterocycles. The van der Waals surface area contributed by atoms with E-state index in [4.69, 9.17) is 5.73 Å². The van der Waals surface area contributed by atoms with Gasteiger partial charge >= 0.3 is 0 Å². The molecule has 0 unspecified atom stereocenters. The van der Waals surface area contributed by atoms with E-state index in [-0.39, 0.29) is 17.3 Å². The summed E-state index contributed by atoms with van der Waals surface area (Å²) in [5.74, 6) is 0.186. The molecule has 0 atom stereocenters. The molecule has 0 spiro atoms. The highest BCUT2D eigenvalue weighted by molar-refractivity contribution is 9.10. The summed E-state index contributed by atoms with van der Waals surface area (Å²) < 4.78 is 1.55. The average Bonchev–Trinajstić information content (AvgIpc) is 2.46. The molecular weight excluding hydrogens is 252 g/mol. The van der Waals surface area contributed by atoms with Gasteiger partial charge in [-0.1, -0.05) is 0 Å². The molecule has 0 aliphatic rings. The number of H-pyrrole nitrogens is 1. The van der Waals surface area contributed by atoms with Crippen molar-refractivity contribution in [1.82, 2.24) is 24.7 Å². The topological polar surface area (TPSA) is 102 Å². The fraction of sp³-hybridized carbons (Fsp3) is 0. The van der Waals surface area contributed by atoms with Gasteiger partial charge in [-0.05, 0) is 15.9 Å². The molecule has 2 aromatic rings. The van der Waals surface area contributed by atoms with E-state index in [1.165, 1.54) is 17.1 Å². The summed E-state index contributed by atoms with van der Waals surface area (Å²) in [4.78, 5) is 21.4. The maximum Gasteiger partial charge on any atom is 0.293 e. The first-order chi connectivity index (χ1) is 6.68. The van der Waals surface area contributed by atoms with Crippen LogP contribution in [0.4, 0.5) is 5.95 Å². The Hall–Kier alpha value is -1.70. The number of rotatable bonds is 1. The number of hydrogen-bond acceptors (Lipinski definition) is 5. The van der Waals surface area contributed by atoms with Gasteiger partial charge in [0.05, 0.1) is 0 Å².